The Hall–Kier alpha value is -6.09. The molecule has 0 atom stereocenters. The molecule has 0 aliphatic heterocycles. The van der Waals surface area contributed by atoms with Crippen molar-refractivity contribution >= 4 is 0 Å². The molecule has 294 valence electrons. The summed E-state index contributed by atoms with van der Waals surface area (Å²) in [7, 11) is 0. The lowest BCUT2D eigenvalue weighted by Gasteiger charge is -1.90. The molecule has 0 spiro atoms. The molecule has 0 saturated carbocycles. The zero-order chi connectivity index (χ0) is 41.9. The Morgan fingerprint density at radius 2 is 0.732 bits per heavy atom. The van der Waals surface area contributed by atoms with Gasteiger partial charge in [0.15, 0.2) is 0 Å². The van der Waals surface area contributed by atoms with Crippen molar-refractivity contribution in [1.29, 1.82) is 0 Å². The number of aromatic nitrogens is 9. The van der Waals surface area contributed by atoms with Gasteiger partial charge < -0.3 is 0 Å². The Morgan fingerprint density at radius 3 is 1.02 bits per heavy atom. The summed E-state index contributed by atoms with van der Waals surface area (Å²) in [5.74, 6) is 0.838. The standard InChI is InChI=1S/C8H10.3C7H9N.3C6H8N2/c1-7-4-3-5-8(2)6-7;1-6-3-7(2)5-8-4-6;1-6-3-4-8-7(2)5-6;1-6-4-3-5-7(2)8-6;1-5-3-7-4-6(2)8-5;1-5-3-6(2)8-4-7-5;1-5-3-4-7-6(2)8-5/h3-6H,1-2H3;3*3-5H,1-2H3;3*3-4H,1-2H3. The smallest absolute Gasteiger partial charge is 0.125 e. The highest BCUT2D eigenvalue weighted by Crippen LogP contribution is 2.01. The van der Waals surface area contributed by atoms with Crippen molar-refractivity contribution < 1.29 is 0 Å². The second-order valence-electron chi connectivity index (χ2n) is 13.4. The molecule has 0 saturated heterocycles. The highest BCUT2D eigenvalue weighted by molar-refractivity contribution is 5.20. The molecule has 0 amide bonds. The SMILES string of the molecule is Cc1cc(C)ncn1.Cc1cccc(C)c1.Cc1cccc(C)n1.Cc1ccnc(C)c1.Cc1ccnc(C)n1.Cc1cncc(C)c1.Cc1cncc(C)n1. The number of pyridine rings is 3. The lowest BCUT2D eigenvalue weighted by molar-refractivity contribution is 1.01. The average Bonchev–Trinajstić information content (AvgIpc) is 3.09. The Balaban J connectivity index is 0.000000327. The van der Waals surface area contributed by atoms with Crippen LogP contribution >= 0.6 is 0 Å². The van der Waals surface area contributed by atoms with Gasteiger partial charge in [-0.3, -0.25) is 24.9 Å². The molecule has 6 aromatic heterocycles. The predicted molar refractivity (Wildman–Crippen MR) is 232 cm³/mol. The summed E-state index contributed by atoms with van der Waals surface area (Å²) in [6.45, 7) is 27.9. The van der Waals surface area contributed by atoms with Crippen LogP contribution < -0.4 is 0 Å². The number of rotatable bonds is 0. The second kappa shape index (κ2) is 27.5. The molecule has 56 heavy (non-hydrogen) atoms. The molecule has 0 aliphatic carbocycles. The van der Waals surface area contributed by atoms with E-state index in [9.17, 15) is 0 Å². The molecule has 0 bridgehead atoms. The third kappa shape index (κ3) is 25.8. The molecule has 0 N–H and O–H groups in total. The number of benzene rings is 1. The van der Waals surface area contributed by atoms with Crippen LogP contribution in [0.2, 0.25) is 0 Å². The largest absolute Gasteiger partial charge is 0.264 e. The van der Waals surface area contributed by atoms with Crippen molar-refractivity contribution in [3.05, 3.63) is 195 Å². The van der Waals surface area contributed by atoms with E-state index in [-0.39, 0.29) is 0 Å². The summed E-state index contributed by atoms with van der Waals surface area (Å²) >= 11 is 0. The van der Waals surface area contributed by atoms with Crippen molar-refractivity contribution in [1.82, 2.24) is 44.9 Å². The lowest BCUT2D eigenvalue weighted by Crippen LogP contribution is -1.86. The number of hydrogen-bond acceptors (Lipinski definition) is 9. The Bertz CT molecular complexity index is 1580. The van der Waals surface area contributed by atoms with Gasteiger partial charge in [0, 0.05) is 71.3 Å². The van der Waals surface area contributed by atoms with Crippen LogP contribution in [-0.4, -0.2) is 44.9 Å². The quantitative estimate of drug-likeness (QED) is 0.149. The second-order valence-corrected chi connectivity index (χ2v) is 13.4. The minimum absolute atomic E-state index is 0.838. The zero-order valence-electron chi connectivity index (χ0n) is 36.0. The third-order valence-corrected chi connectivity index (χ3v) is 7.00. The molecule has 0 radical (unpaired) electrons. The van der Waals surface area contributed by atoms with Crippen LogP contribution in [0.4, 0.5) is 0 Å². The van der Waals surface area contributed by atoms with Crippen LogP contribution in [0.25, 0.3) is 0 Å². The molecule has 0 fully saturated rings. The van der Waals surface area contributed by atoms with E-state index in [0.717, 1.165) is 51.4 Å². The fourth-order valence-corrected chi connectivity index (χ4v) is 4.63. The molecule has 0 unspecified atom stereocenters. The Labute approximate surface area is 336 Å². The van der Waals surface area contributed by atoms with Gasteiger partial charge in [0.1, 0.15) is 12.2 Å². The van der Waals surface area contributed by atoms with Crippen LogP contribution in [0.15, 0.2) is 116 Å². The molecule has 7 aromatic rings. The topological polar surface area (TPSA) is 116 Å². The molecule has 7 rings (SSSR count). The van der Waals surface area contributed by atoms with Crippen molar-refractivity contribution in [2.24, 2.45) is 0 Å². The lowest BCUT2D eigenvalue weighted by atomic mass is 10.2. The van der Waals surface area contributed by atoms with Crippen molar-refractivity contribution in [3.63, 3.8) is 0 Å². The normalized spacial score (nSPS) is 9.25. The van der Waals surface area contributed by atoms with Crippen molar-refractivity contribution in [3.8, 4) is 0 Å². The third-order valence-electron chi connectivity index (χ3n) is 7.00. The summed E-state index contributed by atoms with van der Waals surface area (Å²) in [4.78, 5) is 36.1. The van der Waals surface area contributed by atoms with Gasteiger partial charge in [-0.2, -0.15) is 0 Å². The van der Waals surface area contributed by atoms with Gasteiger partial charge in [0.05, 0.1) is 11.4 Å². The van der Waals surface area contributed by atoms with Gasteiger partial charge in [-0.25, -0.2) is 19.9 Å². The molecule has 9 heteroatoms. The van der Waals surface area contributed by atoms with E-state index in [1.807, 2.05) is 131 Å². The first-order valence-corrected chi connectivity index (χ1v) is 18.5. The van der Waals surface area contributed by atoms with Gasteiger partial charge in [-0.05, 0) is 150 Å². The first-order chi connectivity index (χ1) is 26.5. The van der Waals surface area contributed by atoms with E-state index in [0.29, 0.717) is 0 Å². The van der Waals surface area contributed by atoms with Crippen LogP contribution in [0.5, 0.6) is 0 Å². The molecular weight excluding hydrogens is 691 g/mol. The van der Waals surface area contributed by atoms with E-state index in [2.05, 4.69) is 102 Å². The monoisotopic (exact) mass is 752 g/mol. The predicted octanol–water partition coefficient (Wildman–Crippen LogP) is 10.7. The van der Waals surface area contributed by atoms with Gasteiger partial charge in [0.25, 0.3) is 0 Å². The van der Waals surface area contributed by atoms with E-state index >= 15 is 0 Å². The fourth-order valence-electron chi connectivity index (χ4n) is 4.63. The van der Waals surface area contributed by atoms with E-state index in [1.54, 1.807) is 24.9 Å². The highest BCUT2D eigenvalue weighted by Gasteiger charge is 1.87. The minimum Gasteiger partial charge on any atom is -0.264 e. The number of aryl methyl sites for hydroxylation is 14. The van der Waals surface area contributed by atoms with E-state index in [1.165, 1.54) is 27.8 Å². The minimum atomic E-state index is 0.838. The molecule has 1 aromatic carbocycles. The fraction of sp³-hybridized carbons (Fsp3) is 0.298. The number of nitrogens with zero attached hydrogens (tertiary/aromatic N) is 9. The average molecular weight is 752 g/mol. The van der Waals surface area contributed by atoms with Gasteiger partial charge >= 0.3 is 0 Å². The maximum atomic E-state index is 4.17. The molecular formula is C47H61N9. The molecule has 6 heterocycles. The van der Waals surface area contributed by atoms with Crippen LogP contribution in [0.3, 0.4) is 0 Å². The van der Waals surface area contributed by atoms with E-state index < -0.39 is 0 Å². The molecule has 9 nitrogen and oxygen atoms in total. The summed E-state index contributed by atoms with van der Waals surface area (Å²) in [6, 6.07) is 24.4. The number of hydrogen-bond donors (Lipinski definition) is 0. The highest BCUT2D eigenvalue weighted by atomic mass is 14.9. The summed E-state index contributed by atoms with van der Waals surface area (Å²) in [6.07, 6.45) is 12.4. The Kier molecular flexibility index (Phi) is 23.5. The first-order valence-electron chi connectivity index (χ1n) is 18.5. The van der Waals surface area contributed by atoms with Gasteiger partial charge in [0.2, 0.25) is 0 Å². The van der Waals surface area contributed by atoms with Crippen molar-refractivity contribution in [2.75, 3.05) is 0 Å². The summed E-state index contributed by atoms with van der Waals surface area (Å²) in [5, 5.41) is 0. The van der Waals surface area contributed by atoms with E-state index in [4.69, 9.17) is 0 Å². The van der Waals surface area contributed by atoms with Crippen molar-refractivity contribution in [2.45, 2.75) is 96.9 Å². The maximum Gasteiger partial charge on any atom is 0.125 e. The van der Waals surface area contributed by atoms with Crippen LogP contribution in [0, 0.1) is 96.9 Å². The van der Waals surface area contributed by atoms with Gasteiger partial charge in [-0.1, -0.05) is 47.5 Å². The Morgan fingerprint density at radius 1 is 0.304 bits per heavy atom. The molecule has 0 aliphatic rings. The van der Waals surface area contributed by atoms with Crippen LogP contribution in [0.1, 0.15) is 79.2 Å². The zero-order valence-corrected chi connectivity index (χ0v) is 36.0. The summed E-state index contributed by atoms with van der Waals surface area (Å²) < 4.78 is 0. The van der Waals surface area contributed by atoms with Crippen LogP contribution in [-0.2, 0) is 0 Å². The summed E-state index contributed by atoms with van der Waals surface area (Å²) in [5.41, 5.74) is 14.7. The van der Waals surface area contributed by atoms with Gasteiger partial charge in [-0.15, -0.1) is 0 Å². The first kappa shape index (κ1) is 47.9. The maximum absolute atomic E-state index is 4.17.